The Kier molecular flexibility index (Phi) is 6.91. The van der Waals surface area contributed by atoms with Crippen LogP contribution in [0.4, 0.5) is 0 Å². The Labute approximate surface area is 80.9 Å². The first-order valence-corrected chi connectivity index (χ1v) is 11.7. The Morgan fingerprint density at radius 2 is 1.78 bits per heavy atom. The predicted molar refractivity (Wildman–Crippen MR) is 65.1 cm³/mol. The normalized spacial score (nSPS) is 9.56. The van der Waals surface area contributed by atoms with Crippen LogP contribution < -0.4 is 0 Å². The van der Waals surface area contributed by atoms with Crippen LogP contribution in [0.3, 0.4) is 0 Å². The van der Waals surface area contributed by atoms with Gasteiger partial charge in [-0.05, 0) is 46.4 Å². The first-order valence-electron chi connectivity index (χ1n) is 1.57. The van der Waals surface area contributed by atoms with Crippen LogP contribution in [0.25, 0.3) is 0 Å². The zero-order chi connectivity index (χ0) is 7.44. The van der Waals surface area contributed by atoms with Gasteiger partial charge in [0.05, 0.1) is 0 Å². The monoisotopic (exact) mass is 271 g/mol. The van der Waals surface area contributed by atoms with E-state index in [1.807, 2.05) is 6.26 Å². The molecule has 0 aromatic rings. The summed E-state index contributed by atoms with van der Waals surface area (Å²) < 4.78 is 0. The molecule has 56 valence electrons. The van der Waals surface area contributed by atoms with Crippen LogP contribution >= 0.6 is 10.8 Å². The minimum atomic E-state index is -0.494. The molecule has 0 nitrogen and oxygen atoms in total. The topological polar surface area (TPSA) is 0 Å². The Morgan fingerprint density at radius 1 is 1.33 bits per heavy atom. The number of rotatable bonds is 1. The van der Waals surface area contributed by atoms with Crippen molar-refractivity contribution in [2.45, 2.75) is 0 Å². The number of hydrogen-bond donors (Lipinski definition) is 0. The summed E-state index contributed by atoms with van der Waals surface area (Å²) in [5.74, 6) is 0. The molecule has 0 N–H and O–H groups in total. The second-order valence-electron chi connectivity index (χ2n) is 0.779. The van der Waals surface area contributed by atoms with E-state index in [9.17, 15) is 0 Å². The maximum atomic E-state index is 5.01. The lowest BCUT2D eigenvalue weighted by Crippen LogP contribution is -1.60. The fraction of sp³-hybridized carbons (Fsp3) is 1.00. The van der Waals surface area contributed by atoms with Gasteiger partial charge < -0.3 is 0 Å². The van der Waals surface area contributed by atoms with Crippen molar-refractivity contribution in [1.29, 1.82) is 0 Å². The molecular formula is CH3S8-. The Morgan fingerprint density at radius 3 is 1.89 bits per heavy atom. The molecule has 0 radical (unpaired) electrons. The van der Waals surface area contributed by atoms with Crippen molar-refractivity contribution in [3.05, 3.63) is 0 Å². The minimum absolute atomic E-state index is 0.205. The zero-order valence-electron chi connectivity index (χ0n) is 4.27. The fourth-order valence-electron chi connectivity index (χ4n) is 0.101. The second kappa shape index (κ2) is 5.64. The summed E-state index contributed by atoms with van der Waals surface area (Å²) in [7, 11) is 1.38. The van der Waals surface area contributed by atoms with E-state index >= 15 is 0 Å². The van der Waals surface area contributed by atoms with Crippen molar-refractivity contribution in [2.24, 2.45) is 0 Å². The summed E-state index contributed by atoms with van der Waals surface area (Å²) in [6.45, 7) is -0.814. The molecule has 0 unspecified atom stereocenters. The van der Waals surface area contributed by atoms with E-state index in [4.69, 9.17) is 44.8 Å². The molecule has 0 amide bonds. The number of hydrogen-bond acceptors (Lipinski definition) is 6. The van der Waals surface area contributed by atoms with Crippen LogP contribution in [0.2, 0.25) is 0 Å². The molecule has 0 aliphatic rings. The summed E-state index contributed by atoms with van der Waals surface area (Å²) in [4.78, 5) is 0. The first-order chi connectivity index (χ1) is 4.09. The van der Waals surface area contributed by atoms with Gasteiger partial charge in [-0.25, -0.2) is 11.2 Å². The van der Waals surface area contributed by atoms with Crippen LogP contribution in [0.5, 0.6) is 0 Å². The third kappa shape index (κ3) is 4.46. The van der Waals surface area contributed by atoms with Gasteiger partial charge in [0.15, 0.2) is 0 Å². The molecule has 0 saturated heterocycles. The standard InChI is InChI=1S/CH3S8/c1-6-8(4)9(5)7(2)3/h1H3/q-1. The summed E-state index contributed by atoms with van der Waals surface area (Å²) in [6, 6.07) is 0. The highest BCUT2D eigenvalue weighted by atomic mass is 33.7. The molecule has 0 aliphatic heterocycles. The molecule has 0 rings (SSSR count). The fourth-order valence-corrected chi connectivity index (χ4v) is 15.5. The van der Waals surface area contributed by atoms with Crippen LogP contribution in [0, 0.1) is 0 Å². The van der Waals surface area contributed by atoms with Crippen molar-refractivity contribution in [3.8, 4) is 0 Å². The lowest BCUT2D eigenvalue weighted by atomic mass is 12.0. The van der Waals surface area contributed by atoms with Gasteiger partial charge in [-0.2, -0.15) is 6.57 Å². The highest BCUT2D eigenvalue weighted by Crippen LogP contribution is 1.91. The largest absolute Gasteiger partial charge is 0.288 e. The maximum Gasteiger partial charge on any atom is -0.00273 e. The molecule has 0 aromatic carbocycles. The third-order valence-corrected chi connectivity index (χ3v) is 21.7. The van der Waals surface area contributed by atoms with E-state index in [0.29, 0.717) is 0 Å². The van der Waals surface area contributed by atoms with Crippen molar-refractivity contribution in [1.82, 2.24) is 0 Å². The SMILES string of the molecule is CS[S-](=S)=S(=S)=S(=S)=S. The van der Waals surface area contributed by atoms with Gasteiger partial charge in [-0.3, -0.25) is 17.8 Å². The van der Waals surface area contributed by atoms with E-state index < -0.39 is 6.57 Å². The van der Waals surface area contributed by atoms with Gasteiger partial charge in [0, 0.05) is 0 Å². The summed E-state index contributed by atoms with van der Waals surface area (Å²) in [6.07, 6.45) is 1.94. The molecule has 0 fully saturated rings. The molecule has 8 heteroatoms. The van der Waals surface area contributed by atoms with Gasteiger partial charge in [0.2, 0.25) is 0 Å². The second-order valence-corrected chi connectivity index (χ2v) is 18.0. The lowest BCUT2D eigenvalue weighted by Gasteiger charge is -1.92. The molecule has 0 aliphatic carbocycles. The minimum Gasteiger partial charge on any atom is -0.288 e. The van der Waals surface area contributed by atoms with Crippen LogP contribution in [0.15, 0.2) is 0 Å². The molecule has 0 heterocycles. The van der Waals surface area contributed by atoms with Crippen LogP contribution in [-0.4, -0.2) is 6.26 Å². The van der Waals surface area contributed by atoms with E-state index in [1.54, 1.807) is 10.8 Å². The average Bonchev–Trinajstić information content (AvgIpc) is 1.84. The summed E-state index contributed by atoms with van der Waals surface area (Å²) >= 11 is 19.7. The van der Waals surface area contributed by atoms with Crippen LogP contribution in [0.1, 0.15) is 0 Å². The van der Waals surface area contributed by atoms with Crippen molar-refractivity contribution in [2.75, 3.05) is 6.26 Å². The highest BCUT2D eigenvalue weighted by Gasteiger charge is 1.51. The van der Waals surface area contributed by atoms with Crippen molar-refractivity contribution < 1.29 is 0 Å². The van der Waals surface area contributed by atoms with Crippen LogP contribution in [-0.2, 0) is 64.9 Å². The molecule has 0 atom stereocenters. The molecule has 0 bridgehead atoms. The molecular weight excluding hydrogens is 269 g/mol. The first kappa shape index (κ1) is 11.0. The van der Waals surface area contributed by atoms with E-state index in [0.717, 1.165) is 0 Å². The van der Waals surface area contributed by atoms with E-state index in [2.05, 4.69) is 0 Å². The highest BCUT2D eigenvalue weighted by molar-refractivity contribution is 9.03. The van der Waals surface area contributed by atoms with Gasteiger partial charge in [-0.1, -0.05) is 0 Å². The predicted octanol–water partition coefficient (Wildman–Crippen LogP) is 0.797. The third-order valence-electron chi connectivity index (χ3n) is 0.358. The Hall–Kier alpha value is 2.02. The van der Waals surface area contributed by atoms with Gasteiger partial charge in [0.25, 0.3) is 0 Å². The average molecular weight is 272 g/mol. The van der Waals surface area contributed by atoms with Crippen molar-refractivity contribution in [3.63, 3.8) is 0 Å². The van der Waals surface area contributed by atoms with E-state index in [-0.39, 0.29) is 13.6 Å². The molecule has 0 spiro atoms. The zero-order valence-corrected chi connectivity index (χ0v) is 10.8. The van der Waals surface area contributed by atoms with Gasteiger partial charge in [0.1, 0.15) is 0 Å². The maximum absolute atomic E-state index is 5.01. The van der Waals surface area contributed by atoms with Crippen molar-refractivity contribution >= 4 is 75.7 Å². The molecule has 0 aromatic heterocycles. The van der Waals surface area contributed by atoms with E-state index in [1.165, 1.54) is 0 Å². The lowest BCUT2D eigenvalue weighted by molar-refractivity contribution is 2.55. The van der Waals surface area contributed by atoms with Gasteiger partial charge in [-0.15, -0.1) is 0 Å². The molecule has 9 heavy (non-hydrogen) atoms. The quantitative estimate of drug-likeness (QED) is 0.509. The summed E-state index contributed by atoms with van der Waals surface area (Å²) in [5.41, 5.74) is 0. The molecule has 0 saturated carbocycles. The van der Waals surface area contributed by atoms with Gasteiger partial charge >= 0.3 is 0 Å². The Balaban J connectivity index is 5.89. The Bertz CT molecular complexity index is 347. The smallest absolute Gasteiger partial charge is 0.00273 e. The summed E-state index contributed by atoms with van der Waals surface area (Å²) in [5, 5.41) is 0.